The summed E-state index contributed by atoms with van der Waals surface area (Å²) in [5.41, 5.74) is 2.78. The van der Waals surface area contributed by atoms with Gasteiger partial charge in [0, 0.05) is 27.7 Å². The van der Waals surface area contributed by atoms with E-state index in [0.29, 0.717) is 0 Å². The normalized spacial score (nSPS) is 13.3. The van der Waals surface area contributed by atoms with Crippen molar-refractivity contribution in [2.24, 2.45) is 0 Å². The van der Waals surface area contributed by atoms with Gasteiger partial charge in [-0.2, -0.15) is 0 Å². The van der Waals surface area contributed by atoms with Gasteiger partial charge in [-0.25, -0.2) is 4.98 Å². The van der Waals surface area contributed by atoms with Gasteiger partial charge in [-0.05, 0) is 30.3 Å². The van der Waals surface area contributed by atoms with Crippen molar-refractivity contribution in [3.05, 3.63) is 36.4 Å². The average Bonchev–Trinajstić information content (AvgIpc) is 3.13. The van der Waals surface area contributed by atoms with Crippen molar-refractivity contribution in [3.8, 4) is 17.2 Å². The van der Waals surface area contributed by atoms with E-state index in [0.717, 1.165) is 50.1 Å². The van der Waals surface area contributed by atoms with Gasteiger partial charge in [0.25, 0.3) is 0 Å². The molecule has 0 spiro atoms. The molecule has 5 heteroatoms. The number of rotatable bonds is 1. The molecular weight excluding hydrogens is 280 g/mol. The third-order valence-electron chi connectivity index (χ3n) is 4.08. The predicted octanol–water partition coefficient (Wildman–Crippen LogP) is 3.61. The summed E-state index contributed by atoms with van der Waals surface area (Å²) in [7, 11) is 1.67. The molecule has 108 valence electrons. The highest BCUT2D eigenvalue weighted by atomic mass is 16.7. The van der Waals surface area contributed by atoms with Gasteiger partial charge in [0.1, 0.15) is 11.4 Å². The summed E-state index contributed by atoms with van der Waals surface area (Å²) >= 11 is 0. The first-order valence-corrected chi connectivity index (χ1v) is 7.02. The smallest absolute Gasteiger partial charge is 0.231 e. The lowest BCUT2D eigenvalue weighted by molar-refractivity contribution is 0.174. The fraction of sp³-hybridized carbons (Fsp3) is 0.118. The minimum absolute atomic E-state index is 0.268. The number of nitrogens with one attached hydrogen (secondary N) is 1. The Morgan fingerprint density at radius 3 is 2.77 bits per heavy atom. The van der Waals surface area contributed by atoms with Crippen LogP contribution < -0.4 is 14.2 Å². The molecule has 5 nitrogen and oxygen atoms in total. The highest BCUT2D eigenvalue weighted by molar-refractivity contribution is 6.10. The first-order valence-electron chi connectivity index (χ1n) is 7.02. The second-order valence-corrected chi connectivity index (χ2v) is 5.32. The highest BCUT2D eigenvalue weighted by Crippen LogP contribution is 2.37. The first kappa shape index (κ1) is 11.7. The third kappa shape index (κ3) is 1.50. The molecule has 22 heavy (non-hydrogen) atoms. The Morgan fingerprint density at radius 1 is 1.05 bits per heavy atom. The van der Waals surface area contributed by atoms with Crippen LogP contribution in [0.5, 0.6) is 17.2 Å². The molecule has 0 saturated carbocycles. The zero-order valence-corrected chi connectivity index (χ0v) is 11.8. The van der Waals surface area contributed by atoms with E-state index in [4.69, 9.17) is 19.2 Å². The molecule has 2 aromatic heterocycles. The highest BCUT2D eigenvalue weighted by Gasteiger charge is 2.16. The van der Waals surface area contributed by atoms with Crippen molar-refractivity contribution in [2.75, 3.05) is 13.9 Å². The van der Waals surface area contributed by atoms with Crippen LogP contribution in [0.25, 0.3) is 32.8 Å². The number of hydrogen-bond donors (Lipinski definition) is 1. The van der Waals surface area contributed by atoms with Crippen LogP contribution in [-0.4, -0.2) is 23.9 Å². The summed E-state index contributed by atoms with van der Waals surface area (Å²) in [6, 6.07) is 12.0. The Morgan fingerprint density at radius 2 is 1.91 bits per heavy atom. The van der Waals surface area contributed by atoms with Crippen LogP contribution in [0.1, 0.15) is 0 Å². The van der Waals surface area contributed by atoms with Gasteiger partial charge >= 0.3 is 0 Å². The second-order valence-electron chi connectivity index (χ2n) is 5.32. The molecule has 4 aromatic rings. The molecule has 3 heterocycles. The number of hydrogen-bond acceptors (Lipinski definition) is 4. The Kier molecular flexibility index (Phi) is 2.14. The molecule has 0 unspecified atom stereocenters. The Hall–Kier alpha value is -2.95. The summed E-state index contributed by atoms with van der Waals surface area (Å²) in [6.07, 6.45) is 0. The number of pyridine rings is 1. The minimum atomic E-state index is 0.268. The van der Waals surface area contributed by atoms with Gasteiger partial charge in [-0.1, -0.05) is 0 Å². The molecule has 2 aromatic carbocycles. The van der Waals surface area contributed by atoms with Crippen molar-refractivity contribution in [3.63, 3.8) is 0 Å². The van der Waals surface area contributed by atoms with Crippen molar-refractivity contribution in [1.82, 2.24) is 9.97 Å². The Bertz CT molecular complexity index is 1050. The Labute approximate surface area is 125 Å². The van der Waals surface area contributed by atoms with E-state index in [-0.39, 0.29) is 6.79 Å². The minimum Gasteiger partial charge on any atom is -0.497 e. The van der Waals surface area contributed by atoms with Gasteiger partial charge in [0.2, 0.25) is 6.79 Å². The van der Waals surface area contributed by atoms with Gasteiger partial charge in [-0.3, -0.25) is 0 Å². The lowest BCUT2D eigenvalue weighted by Crippen LogP contribution is -1.92. The molecule has 0 fully saturated rings. The van der Waals surface area contributed by atoms with E-state index in [2.05, 4.69) is 11.1 Å². The predicted molar refractivity (Wildman–Crippen MR) is 83.8 cm³/mol. The topological polar surface area (TPSA) is 56.4 Å². The average molecular weight is 292 g/mol. The second kappa shape index (κ2) is 4.04. The lowest BCUT2D eigenvalue weighted by Gasteiger charge is -2.01. The quantitative estimate of drug-likeness (QED) is 0.582. The van der Waals surface area contributed by atoms with E-state index in [1.54, 1.807) is 7.11 Å². The lowest BCUT2D eigenvalue weighted by atomic mass is 10.1. The molecule has 0 radical (unpaired) electrons. The van der Waals surface area contributed by atoms with E-state index >= 15 is 0 Å². The molecule has 0 atom stereocenters. The van der Waals surface area contributed by atoms with Gasteiger partial charge in [0.15, 0.2) is 11.5 Å². The number of aromatic nitrogens is 2. The maximum atomic E-state index is 5.45. The number of aromatic amines is 1. The Balaban J connectivity index is 1.88. The van der Waals surface area contributed by atoms with E-state index in [9.17, 15) is 0 Å². The molecule has 0 bridgehead atoms. The largest absolute Gasteiger partial charge is 0.497 e. The number of methoxy groups -OCH3 is 1. The zero-order chi connectivity index (χ0) is 14.7. The van der Waals surface area contributed by atoms with E-state index in [1.807, 2.05) is 30.3 Å². The number of fused-ring (bicyclic) bond motifs is 5. The standard InChI is InChI=1S/C17H12N2O3/c1-20-10-2-3-13-11(6-10)12-4-9-5-15-16(22-8-21-15)7-14(9)19-17(12)18-13/h2-7H,8H2,1H3,(H,18,19). The van der Waals surface area contributed by atoms with Crippen LogP contribution >= 0.6 is 0 Å². The maximum absolute atomic E-state index is 5.45. The fourth-order valence-electron chi connectivity index (χ4n) is 2.97. The summed E-state index contributed by atoms with van der Waals surface area (Å²) in [4.78, 5) is 8.07. The van der Waals surface area contributed by atoms with Gasteiger partial charge in [0.05, 0.1) is 12.6 Å². The zero-order valence-electron chi connectivity index (χ0n) is 11.8. The van der Waals surface area contributed by atoms with Crippen LogP contribution in [0.15, 0.2) is 36.4 Å². The molecule has 5 rings (SSSR count). The van der Waals surface area contributed by atoms with Crippen LogP contribution in [0.2, 0.25) is 0 Å². The maximum Gasteiger partial charge on any atom is 0.231 e. The third-order valence-corrected chi connectivity index (χ3v) is 4.08. The molecule has 0 saturated heterocycles. The number of nitrogens with zero attached hydrogens (tertiary/aromatic N) is 1. The molecule has 1 aliphatic heterocycles. The van der Waals surface area contributed by atoms with Crippen molar-refractivity contribution >= 4 is 32.8 Å². The molecule has 0 amide bonds. The summed E-state index contributed by atoms with van der Waals surface area (Å²) < 4.78 is 16.2. The number of H-pyrrole nitrogens is 1. The first-order chi connectivity index (χ1) is 10.8. The van der Waals surface area contributed by atoms with Crippen LogP contribution in [0, 0.1) is 0 Å². The molecule has 0 aliphatic carbocycles. The summed E-state index contributed by atoms with van der Waals surface area (Å²) in [6.45, 7) is 0.268. The van der Waals surface area contributed by atoms with E-state index < -0.39 is 0 Å². The SMILES string of the molecule is COc1ccc2[nH]c3nc4cc5c(cc4cc3c2c1)OCO5. The molecule has 1 N–H and O–H groups in total. The number of ether oxygens (including phenoxy) is 3. The van der Waals surface area contributed by atoms with Crippen LogP contribution in [0.4, 0.5) is 0 Å². The van der Waals surface area contributed by atoms with Crippen molar-refractivity contribution in [1.29, 1.82) is 0 Å². The van der Waals surface area contributed by atoms with Crippen molar-refractivity contribution < 1.29 is 14.2 Å². The summed E-state index contributed by atoms with van der Waals surface area (Å²) in [5.74, 6) is 2.35. The fourth-order valence-corrected chi connectivity index (χ4v) is 2.97. The molecule has 1 aliphatic rings. The summed E-state index contributed by atoms with van der Waals surface area (Å²) in [5, 5.41) is 3.20. The van der Waals surface area contributed by atoms with Crippen LogP contribution in [-0.2, 0) is 0 Å². The van der Waals surface area contributed by atoms with Gasteiger partial charge < -0.3 is 19.2 Å². The monoisotopic (exact) mass is 292 g/mol. The van der Waals surface area contributed by atoms with Gasteiger partial charge in [-0.15, -0.1) is 0 Å². The van der Waals surface area contributed by atoms with E-state index in [1.165, 1.54) is 0 Å². The van der Waals surface area contributed by atoms with Crippen LogP contribution in [0.3, 0.4) is 0 Å². The molecular formula is C17H12N2O3. The van der Waals surface area contributed by atoms with Crippen molar-refractivity contribution in [2.45, 2.75) is 0 Å². The number of benzene rings is 2.